The zero-order valence-corrected chi connectivity index (χ0v) is 13.1. The molecule has 1 aliphatic heterocycles. The molecule has 0 spiro atoms. The van der Waals surface area contributed by atoms with Crippen LogP contribution in [0.15, 0.2) is 12.7 Å². The zero-order valence-electron chi connectivity index (χ0n) is 13.1. The maximum absolute atomic E-state index is 3.96. The van der Waals surface area contributed by atoms with Crippen molar-refractivity contribution in [1.29, 1.82) is 0 Å². The molecule has 2 atom stereocenters. The molecule has 0 aromatic rings. The van der Waals surface area contributed by atoms with Crippen LogP contribution in [-0.4, -0.2) is 36.6 Å². The molecular formula is C17H32N2. The van der Waals surface area contributed by atoms with E-state index >= 15 is 0 Å². The van der Waals surface area contributed by atoms with Gasteiger partial charge in [-0.25, -0.2) is 0 Å². The molecule has 0 bridgehead atoms. The van der Waals surface area contributed by atoms with Crippen LogP contribution >= 0.6 is 0 Å². The molecule has 110 valence electrons. The second-order valence-corrected chi connectivity index (χ2v) is 7.53. The average molecular weight is 264 g/mol. The molecule has 2 rings (SSSR count). The molecule has 2 nitrogen and oxygen atoms in total. The number of hydrogen-bond donors (Lipinski definition) is 1. The molecule has 1 heterocycles. The van der Waals surface area contributed by atoms with Crippen molar-refractivity contribution in [3.63, 3.8) is 0 Å². The quantitative estimate of drug-likeness (QED) is 0.786. The Hall–Kier alpha value is -0.340. The summed E-state index contributed by atoms with van der Waals surface area (Å²) in [5.41, 5.74) is 0.344. The van der Waals surface area contributed by atoms with Crippen LogP contribution in [0.5, 0.6) is 0 Å². The Balaban J connectivity index is 2.01. The third kappa shape index (κ3) is 3.82. The van der Waals surface area contributed by atoms with Crippen LogP contribution in [0.1, 0.15) is 52.9 Å². The number of nitrogens with one attached hydrogen (secondary N) is 1. The monoisotopic (exact) mass is 264 g/mol. The van der Waals surface area contributed by atoms with Gasteiger partial charge in [-0.1, -0.05) is 46.1 Å². The topological polar surface area (TPSA) is 15.3 Å². The molecule has 1 N–H and O–H groups in total. The summed E-state index contributed by atoms with van der Waals surface area (Å²) in [5.74, 6) is 0.905. The molecule has 19 heavy (non-hydrogen) atoms. The van der Waals surface area contributed by atoms with Crippen molar-refractivity contribution in [1.82, 2.24) is 10.2 Å². The largest absolute Gasteiger partial charge is 0.311 e. The molecule has 0 aromatic carbocycles. The summed E-state index contributed by atoms with van der Waals surface area (Å²) in [6.07, 6.45) is 9.27. The van der Waals surface area contributed by atoms with E-state index < -0.39 is 0 Å². The summed E-state index contributed by atoms with van der Waals surface area (Å²) in [6.45, 7) is 14.4. The molecule has 1 saturated carbocycles. The molecule has 2 aliphatic rings. The van der Waals surface area contributed by atoms with Crippen molar-refractivity contribution in [2.45, 2.75) is 65.0 Å². The first-order valence-corrected chi connectivity index (χ1v) is 8.10. The highest BCUT2D eigenvalue weighted by molar-refractivity contribution is 4.96. The zero-order chi connectivity index (χ0) is 13.9. The van der Waals surface area contributed by atoms with Gasteiger partial charge in [0.2, 0.25) is 0 Å². The van der Waals surface area contributed by atoms with Gasteiger partial charge in [0.1, 0.15) is 0 Å². The first-order chi connectivity index (χ1) is 9.02. The molecule has 0 amide bonds. The highest BCUT2D eigenvalue weighted by Crippen LogP contribution is 2.32. The lowest BCUT2D eigenvalue weighted by molar-refractivity contribution is 0.0531. The van der Waals surface area contributed by atoms with Gasteiger partial charge in [-0.05, 0) is 24.2 Å². The second-order valence-electron chi connectivity index (χ2n) is 7.53. The van der Waals surface area contributed by atoms with Crippen LogP contribution in [0, 0.1) is 11.3 Å². The van der Waals surface area contributed by atoms with Crippen molar-refractivity contribution < 1.29 is 0 Å². The minimum atomic E-state index is 0.344. The van der Waals surface area contributed by atoms with Crippen molar-refractivity contribution >= 4 is 0 Å². The van der Waals surface area contributed by atoms with Crippen LogP contribution in [-0.2, 0) is 0 Å². The molecule has 1 aliphatic carbocycles. The van der Waals surface area contributed by atoms with Gasteiger partial charge in [0.25, 0.3) is 0 Å². The molecule has 2 fully saturated rings. The van der Waals surface area contributed by atoms with Crippen LogP contribution in [0.3, 0.4) is 0 Å². The lowest BCUT2D eigenvalue weighted by Crippen LogP contribution is -2.62. The maximum atomic E-state index is 3.96. The second kappa shape index (κ2) is 6.41. The Labute approximate surface area is 119 Å². The van der Waals surface area contributed by atoms with E-state index in [0.717, 1.165) is 18.5 Å². The van der Waals surface area contributed by atoms with E-state index in [2.05, 4.69) is 43.6 Å². The van der Waals surface area contributed by atoms with Gasteiger partial charge in [0.05, 0.1) is 0 Å². The lowest BCUT2D eigenvalue weighted by atomic mass is 9.79. The van der Waals surface area contributed by atoms with Crippen LogP contribution in [0.4, 0.5) is 0 Å². The predicted octanol–water partition coefficient (Wildman–Crippen LogP) is 3.44. The first-order valence-electron chi connectivity index (χ1n) is 8.10. The van der Waals surface area contributed by atoms with Crippen LogP contribution in [0.25, 0.3) is 0 Å². The Morgan fingerprint density at radius 3 is 2.47 bits per heavy atom. The van der Waals surface area contributed by atoms with Crippen molar-refractivity contribution in [3.05, 3.63) is 12.7 Å². The van der Waals surface area contributed by atoms with Crippen LogP contribution in [0.2, 0.25) is 0 Å². The van der Waals surface area contributed by atoms with Crippen LogP contribution < -0.4 is 5.32 Å². The van der Waals surface area contributed by atoms with Gasteiger partial charge in [0.15, 0.2) is 0 Å². The van der Waals surface area contributed by atoms with Crippen molar-refractivity contribution in [2.75, 3.05) is 19.6 Å². The molecule has 0 radical (unpaired) electrons. The molecule has 0 aromatic heterocycles. The SMILES string of the molecule is C=CCN1CC(C(C)(C)C)NCC1C1CCCCC1. The summed E-state index contributed by atoms with van der Waals surface area (Å²) in [5, 5.41) is 3.82. The van der Waals surface area contributed by atoms with E-state index in [-0.39, 0.29) is 0 Å². The first kappa shape index (κ1) is 15.1. The molecular weight excluding hydrogens is 232 g/mol. The van der Waals surface area contributed by atoms with E-state index in [9.17, 15) is 0 Å². The molecule has 2 heteroatoms. The Morgan fingerprint density at radius 2 is 1.89 bits per heavy atom. The van der Waals surface area contributed by atoms with Crippen molar-refractivity contribution in [2.24, 2.45) is 11.3 Å². The maximum Gasteiger partial charge on any atom is 0.0252 e. The Bertz CT molecular complexity index is 286. The van der Waals surface area contributed by atoms with Gasteiger partial charge < -0.3 is 5.32 Å². The highest BCUT2D eigenvalue weighted by atomic mass is 15.2. The Kier molecular flexibility index (Phi) is 5.08. The van der Waals surface area contributed by atoms with Gasteiger partial charge in [-0.3, -0.25) is 4.90 Å². The fourth-order valence-corrected chi connectivity index (χ4v) is 3.77. The lowest BCUT2D eigenvalue weighted by Gasteiger charge is -2.48. The molecule has 2 unspecified atom stereocenters. The van der Waals surface area contributed by atoms with Gasteiger partial charge in [-0.2, -0.15) is 0 Å². The normalized spacial score (nSPS) is 31.3. The summed E-state index contributed by atoms with van der Waals surface area (Å²) in [6, 6.07) is 1.34. The minimum absolute atomic E-state index is 0.344. The summed E-state index contributed by atoms with van der Waals surface area (Å²) in [7, 11) is 0. The summed E-state index contributed by atoms with van der Waals surface area (Å²) >= 11 is 0. The standard InChI is InChI=1S/C17H32N2/c1-5-11-19-13-16(17(2,3)4)18-12-15(19)14-9-7-6-8-10-14/h5,14-16,18H,1,6-13H2,2-4H3. The number of piperazine rings is 1. The third-order valence-electron chi connectivity index (χ3n) is 5.06. The van der Waals surface area contributed by atoms with E-state index in [1.807, 2.05) is 0 Å². The Morgan fingerprint density at radius 1 is 1.21 bits per heavy atom. The summed E-state index contributed by atoms with van der Waals surface area (Å²) in [4.78, 5) is 2.69. The number of hydrogen-bond acceptors (Lipinski definition) is 2. The highest BCUT2D eigenvalue weighted by Gasteiger charge is 2.37. The molecule has 1 saturated heterocycles. The van der Waals surface area contributed by atoms with E-state index in [1.54, 1.807) is 0 Å². The van der Waals surface area contributed by atoms with Gasteiger partial charge in [-0.15, -0.1) is 6.58 Å². The number of rotatable bonds is 3. The van der Waals surface area contributed by atoms with E-state index in [1.165, 1.54) is 45.2 Å². The van der Waals surface area contributed by atoms with Gasteiger partial charge in [0, 0.05) is 31.7 Å². The van der Waals surface area contributed by atoms with E-state index in [4.69, 9.17) is 0 Å². The fraction of sp³-hybridized carbons (Fsp3) is 0.882. The smallest absolute Gasteiger partial charge is 0.0252 e. The average Bonchev–Trinajstić information content (AvgIpc) is 2.39. The van der Waals surface area contributed by atoms with Gasteiger partial charge >= 0.3 is 0 Å². The fourth-order valence-electron chi connectivity index (χ4n) is 3.77. The van der Waals surface area contributed by atoms with E-state index in [0.29, 0.717) is 11.5 Å². The third-order valence-corrected chi connectivity index (χ3v) is 5.06. The summed E-state index contributed by atoms with van der Waals surface area (Å²) < 4.78 is 0. The minimum Gasteiger partial charge on any atom is -0.311 e. The number of nitrogens with zero attached hydrogens (tertiary/aromatic N) is 1. The predicted molar refractivity (Wildman–Crippen MR) is 83.4 cm³/mol. The van der Waals surface area contributed by atoms with Crippen molar-refractivity contribution in [3.8, 4) is 0 Å².